The molecule has 0 fully saturated rings. The summed E-state index contributed by atoms with van der Waals surface area (Å²) in [6.45, 7) is 8.51. The van der Waals surface area contributed by atoms with Crippen LogP contribution in [0.1, 0.15) is 140 Å². The number of azo groups is 1. The number of pyridine rings is 1. The van der Waals surface area contributed by atoms with Crippen LogP contribution in [0.4, 0.5) is 11.4 Å². The third-order valence-electron chi connectivity index (χ3n) is 8.27. The maximum atomic E-state index is 13.0. The molecule has 0 radical (unpaired) electrons. The van der Waals surface area contributed by atoms with Gasteiger partial charge in [0.1, 0.15) is 11.6 Å². The summed E-state index contributed by atoms with van der Waals surface area (Å²) in [6, 6.07) is 10.1. The Morgan fingerprint density at radius 1 is 0.829 bits per heavy atom. The smallest absolute Gasteiger partial charge is 0.271 e. The molecule has 2 aromatic rings. The molecule has 0 aliphatic heterocycles. The Bertz CT molecular complexity index is 1140. The molecule has 0 spiro atoms. The molecule has 6 nitrogen and oxygen atoms in total. The first-order chi connectivity index (χ1) is 20.0. The lowest BCUT2D eigenvalue weighted by molar-refractivity contribution is 0.340. The molecule has 41 heavy (non-hydrogen) atoms. The molecule has 0 aliphatic rings. The topological polar surface area (TPSA) is 90.7 Å². The number of unbranched alkanes of at least 4 members (excludes halogenated alkanes) is 12. The Kier molecular flexibility index (Phi) is 16.7. The highest BCUT2D eigenvalue weighted by atomic mass is 16.3. The van der Waals surface area contributed by atoms with Crippen molar-refractivity contribution in [2.75, 3.05) is 0 Å². The van der Waals surface area contributed by atoms with Gasteiger partial charge in [-0.3, -0.25) is 9.36 Å². The first kappa shape index (κ1) is 34.3. The van der Waals surface area contributed by atoms with E-state index in [1.165, 1.54) is 87.2 Å². The minimum atomic E-state index is -0.460. The van der Waals surface area contributed by atoms with Crippen molar-refractivity contribution in [3.8, 4) is 11.9 Å². The van der Waals surface area contributed by atoms with E-state index in [9.17, 15) is 15.2 Å². The van der Waals surface area contributed by atoms with Crippen molar-refractivity contribution >= 4 is 11.4 Å². The Balaban J connectivity index is 1.90. The Morgan fingerprint density at radius 2 is 1.39 bits per heavy atom. The second-order valence-corrected chi connectivity index (χ2v) is 11.6. The minimum Gasteiger partial charge on any atom is -0.493 e. The fourth-order valence-electron chi connectivity index (χ4n) is 5.41. The van der Waals surface area contributed by atoms with E-state index in [1.54, 1.807) is 6.92 Å². The summed E-state index contributed by atoms with van der Waals surface area (Å²) in [5, 5.41) is 29.3. The first-order valence-electron chi connectivity index (χ1n) is 16.3. The van der Waals surface area contributed by atoms with Crippen LogP contribution in [0.15, 0.2) is 39.3 Å². The summed E-state index contributed by atoms with van der Waals surface area (Å²) in [5.74, 6) is 0.0315. The Morgan fingerprint density at radius 3 is 1.93 bits per heavy atom. The summed E-state index contributed by atoms with van der Waals surface area (Å²) in [5.41, 5.74) is 2.06. The van der Waals surface area contributed by atoms with Crippen molar-refractivity contribution in [2.45, 2.75) is 143 Å². The fraction of sp³-hybridized carbons (Fsp3) is 0.657. The number of aromatic hydroxyl groups is 1. The monoisotopic (exact) mass is 562 g/mol. The zero-order valence-electron chi connectivity index (χ0n) is 26.3. The normalized spacial score (nSPS) is 12.2. The van der Waals surface area contributed by atoms with Crippen LogP contribution in [0.3, 0.4) is 0 Å². The van der Waals surface area contributed by atoms with Crippen molar-refractivity contribution < 1.29 is 5.11 Å². The second kappa shape index (κ2) is 20.0. The molecule has 1 unspecified atom stereocenters. The summed E-state index contributed by atoms with van der Waals surface area (Å²) >= 11 is 0. The van der Waals surface area contributed by atoms with E-state index in [1.807, 2.05) is 18.2 Å². The molecule has 0 aliphatic carbocycles. The molecular weight excluding hydrogens is 508 g/mol. The van der Waals surface area contributed by atoms with Gasteiger partial charge < -0.3 is 5.11 Å². The van der Waals surface area contributed by atoms with E-state index in [0.717, 1.165) is 32.1 Å². The number of hydrogen-bond donors (Lipinski definition) is 1. The summed E-state index contributed by atoms with van der Waals surface area (Å²) in [7, 11) is 0. The average Bonchev–Trinajstić information content (AvgIpc) is 2.98. The molecule has 1 aromatic heterocycles. The van der Waals surface area contributed by atoms with Gasteiger partial charge in [-0.05, 0) is 49.8 Å². The van der Waals surface area contributed by atoms with Gasteiger partial charge in [-0.2, -0.15) is 10.4 Å². The van der Waals surface area contributed by atoms with Gasteiger partial charge in [0, 0.05) is 12.1 Å². The second-order valence-electron chi connectivity index (χ2n) is 11.6. The van der Waals surface area contributed by atoms with Crippen LogP contribution in [-0.2, 0) is 13.0 Å². The molecule has 0 saturated carbocycles. The molecule has 1 atom stereocenters. The maximum absolute atomic E-state index is 13.0. The summed E-state index contributed by atoms with van der Waals surface area (Å²) in [6.07, 6.45) is 21.3. The summed E-state index contributed by atoms with van der Waals surface area (Å²) < 4.78 is 1.31. The fourth-order valence-corrected chi connectivity index (χ4v) is 5.41. The van der Waals surface area contributed by atoms with Crippen molar-refractivity contribution in [2.24, 2.45) is 16.1 Å². The minimum absolute atomic E-state index is 0.0138. The molecule has 0 amide bonds. The molecular formula is C35H54N4O2. The van der Waals surface area contributed by atoms with Gasteiger partial charge in [0.25, 0.3) is 5.56 Å². The molecule has 6 heteroatoms. The zero-order valence-corrected chi connectivity index (χ0v) is 26.3. The maximum Gasteiger partial charge on any atom is 0.271 e. The molecule has 2 rings (SSSR count). The molecule has 1 heterocycles. The van der Waals surface area contributed by atoms with Crippen molar-refractivity contribution in [3.05, 3.63) is 51.3 Å². The van der Waals surface area contributed by atoms with Crippen molar-refractivity contribution in [1.29, 1.82) is 5.26 Å². The van der Waals surface area contributed by atoms with Crippen LogP contribution in [0, 0.1) is 24.2 Å². The van der Waals surface area contributed by atoms with Gasteiger partial charge in [0.05, 0.1) is 5.69 Å². The number of nitrogens with zero attached hydrogens (tertiary/aromatic N) is 4. The van der Waals surface area contributed by atoms with Crippen LogP contribution >= 0.6 is 0 Å². The van der Waals surface area contributed by atoms with E-state index in [2.05, 4.69) is 43.1 Å². The third-order valence-corrected chi connectivity index (χ3v) is 8.27. The number of nitriles is 1. The van der Waals surface area contributed by atoms with Crippen LogP contribution < -0.4 is 5.56 Å². The van der Waals surface area contributed by atoms with Gasteiger partial charge in [0.2, 0.25) is 5.88 Å². The quantitative estimate of drug-likeness (QED) is 0.121. The molecule has 0 saturated heterocycles. The predicted molar refractivity (Wildman–Crippen MR) is 171 cm³/mol. The predicted octanol–water partition coefficient (Wildman–Crippen LogP) is 10.6. The lowest BCUT2D eigenvalue weighted by atomic mass is 9.99. The molecule has 0 bridgehead atoms. The lowest BCUT2D eigenvalue weighted by Gasteiger charge is -2.19. The van der Waals surface area contributed by atoms with Gasteiger partial charge in [-0.25, -0.2) is 0 Å². The van der Waals surface area contributed by atoms with Gasteiger partial charge in [0.15, 0.2) is 5.69 Å². The van der Waals surface area contributed by atoms with Crippen LogP contribution in [0.25, 0.3) is 0 Å². The SMILES string of the molecule is CCCCCCCCCCCCCCc1ccc(N=Nc2c(C)c(C#N)c(=O)n(CC(CC)CCCC)c2O)cc1. The van der Waals surface area contributed by atoms with Crippen LogP contribution in [0.5, 0.6) is 5.88 Å². The highest BCUT2D eigenvalue weighted by Crippen LogP contribution is 2.33. The van der Waals surface area contributed by atoms with Gasteiger partial charge in [-0.15, -0.1) is 5.11 Å². The highest BCUT2D eigenvalue weighted by molar-refractivity contribution is 5.59. The van der Waals surface area contributed by atoms with E-state index >= 15 is 0 Å². The lowest BCUT2D eigenvalue weighted by Crippen LogP contribution is -2.27. The van der Waals surface area contributed by atoms with Gasteiger partial charge >= 0.3 is 0 Å². The third kappa shape index (κ3) is 11.8. The largest absolute Gasteiger partial charge is 0.493 e. The highest BCUT2D eigenvalue weighted by Gasteiger charge is 2.21. The van der Waals surface area contributed by atoms with E-state index in [0.29, 0.717) is 17.8 Å². The number of benzene rings is 1. The Labute approximate surface area is 248 Å². The molecule has 1 N–H and O–H groups in total. The number of rotatable bonds is 21. The van der Waals surface area contributed by atoms with Crippen LogP contribution in [0.2, 0.25) is 0 Å². The van der Waals surface area contributed by atoms with E-state index in [-0.39, 0.29) is 23.0 Å². The molecule has 226 valence electrons. The van der Waals surface area contributed by atoms with Gasteiger partial charge in [-0.1, -0.05) is 123 Å². The van der Waals surface area contributed by atoms with Crippen molar-refractivity contribution in [1.82, 2.24) is 4.57 Å². The van der Waals surface area contributed by atoms with Crippen LogP contribution in [-0.4, -0.2) is 9.67 Å². The number of aryl methyl sites for hydroxylation is 1. The zero-order chi connectivity index (χ0) is 29.9. The number of aromatic nitrogens is 1. The van der Waals surface area contributed by atoms with E-state index in [4.69, 9.17) is 0 Å². The standard InChI is InChI=1S/C35H54N4O2/c1-5-8-10-11-12-13-14-15-16-17-18-19-21-30-22-24-31(25-23-30)37-38-33-28(4)32(26-36)34(40)39(35(33)41)27-29(7-3)20-9-6-2/h22-25,29,41H,5-21,27H2,1-4H3. The first-order valence-corrected chi connectivity index (χ1v) is 16.3. The van der Waals surface area contributed by atoms with E-state index < -0.39 is 5.56 Å². The average molecular weight is 563 g/mol. The molecule has 1 aromatic carbocycles. The number of hydrogen-bond acceptors (Lipinski definition) is 5. The Hall–Kier alpha value is -2.94. The van der Waals surface area contributed by atoms with Crippen molar-refractivity contribution in [3.63, 3.8) is 0 Å². The summed E-state index contributed by atoms with van der Waals surface area (Å²) in [4.78, 5) is 13.0.